The normalized spacial score (nSPS) is 13.2. The third-order valence-corrected chi connectivity index (χ3v) is 3.04. The Hall–Kier alpha value is -1.88. The fraction of sp³-hybridized carbons (Fsp3) is 0.222. The molecule has 0 amide bonds. The average molecular weight is 318 g/mol. The number of alkyl halides is 4. The highest BCUT2D eigenvalue weighted by Crippen LogP contribution is 2.41. The van der Waals surface area contributed by atoms with Crippen LogP contribution in [0.4, 0.5) is 17.6 Å². The number of hydrogen-bond donors (Lipinski definition) is 3. The minimum absolute atomic E-state index is 0.316. The highest BCUT2D eigenvalue weighted by Gasteiger charge is 2.70. The molecule has 0 saturated heterocycles. The largest absolute Gasteiger partial charge is 0.508 e. The summed E-state index contributed by atoms with van der Waals surface area (Å²) in [5.41, 5.74) is -1.27. The number of carbonyl (C=O) groups excluding carboxylic acids is 1. The fourth-order valence-electron chi connectivity index (χ4n) is 1.20. The van der Waals surface area contributed by atoms with Gasteiger partial charge in [-0.2, -0.15) is 26.0 Å². The number of benzene rings is 1. The first-order chi connectivity index (χ1) is 8.80. The van der Waals surface area contributed by atoms with Gasteiger partial charge in [0.1, 0.15) is 11.5 Å². The first-order valence-corrected chi connectivity index (χ1v) is 6.05. The monoisotopic (exact) mass is 318 g/mol. The number of carbonyl (C=O) groups is 1. The summed E-state index contributed by atoms with van der Waals surface area (Å²) in [6, 6.07) is 1.25. The Balaban J connectivity index is 3.39. The summed E-state index contributed by atoms with van der Waals surface area (Å²) >= 11 is 0. The van der Waals surface area contributed by atoms with Gasteiger partial charge in [-0.1, -0.05) is 0 Å². The van der Waals surface area contributed by atoms with Crippen molar-refractivity contribution in [2.75, 3.05) is 0 Å². The second kappa shape index (κ2) is 4.59. The number of hydrogen-bond acceptors (Lipinski definition) is 5. The summed E-state index contributed by atoms with van der Waals surface area (Å²) in [4.78, 5) is 11.2. The fourth-order valence-corrected chi connectivity index (χ4v) is 1.62. The number of Topliss-reactive ketones (excluding diaryl/α,β-unsaturated/α-hetero) is 1. The first-order valence-electron chi connectivity index (χ1n) is 4.61. The molecular formula is C9H6F4O6S. The van der Waals surface area contributed by atoms with Gasteiger partial charge in [-0.3, -0.25) is 9.35 Å². The average Bonchev–Trinajstić information content (AvgIpc) is 2.24. The maximum atomic E-state index is 13.2. The zero-order valence-electron chi connectivity index (χ0n) is 9.22. The van der Waals surface area contributed by atoms with Crippen LogP contribution in [0, 0.1) is 0 Å². The van der Waals surface area contributed by atoms with Crippen LogP contribution < -0.4 is 0 Å². The lowest BCUT2D eigenvalue weighted by molar-refractivity contribution is -0.128. The van der Waals surface area contributed by atoms with E-state index in [1.165, 1.54) is 0 Å². The van der Waals surface area contributed by atoms with E-state index in [9.17, 15) is 30.8 Å². The van der Waals surface area contributed by atoms with Crippen molar-refractivity contribution in [3.05, 3.63) is 23.8 Å². The smallest absolute Gasteiger partial charge is 0.439 e. The van der Waals surface area contributed by atoms with E-state index in [-0.39, 0.29) is 0 Å². The van der Waals surface area contributed by atoms with E-state index in [1.807, 2.05) is 0 Å². The van der Waals surface area contributed by atoms with E-state index in [1.54, 1.807) is 0 Å². The van der Waals surface area contributed by atoms with Gasteiger partial charge in [0.25, 0.3) is 0 Å². The molecule has 0 unspecified atom stereocenters. The van der Waals surface area contributed by atoms with E-state index in [4.69, 9.17) is 14.8 Å². The van der Waals surface area contributed by atoms with Gasteiger partial charge in [-0.25, -0.2) is 0 Å². The molecule has 0 fully saturated rings. The summed E-state index contributed by atoms with van der Waals surface area (Å²) in [5, 5.41) is 11.8. The Morgan fingerprint density at radius 1 is 1.00 bits per heavy atom. The van der Waals surface area contributed by atoms with Crippen molar-refractivity contribution in [2.24, 2.45) is 0 Å². The number of phenolic OH excluding ortho intramolecular Hbond substituents is 2. The third-order valence-electron chi connectivity index (χ3n) is 2.14. The van der Waals surface area contributed by atoms with Crippen LogP contribution in [0.2, 0.25) is 0 Å². The lowest BCUT2D eigenvalue weighted by Crippen LogP contribution is -2.51. The molecule has 20 heavy (non-hydrogen) atoms. The SMILES string of the molecule is O=C(c1cc(O)cc(O)c1)C(F)(F)C(F)(F)S(=O)(=O)O. The highest BCUT2D eigenvalue weighted by atomic mass is 32.2. The molecule has 0 radical (unpaired) electrons. The van der Waals surface area contributed by atoms with Gasteiger partial charge in [0.05, 0.1) is 0 Å². The van der Waals surface area contributed by atoms with Crippen molar-refractivity contribution in [1.82, 2.24) is 0 Å². The maximum absolute atomic E-state index is 13.2. The molecule has 3 N–H and O–H groups in total. The maximum Gasteiger partial charge on any atom is 0.439 e. The van der Waals surface area contributed by atoms with Gasteiger partial charge in [0.15, 0.2) is 0 Å². The van der Waals surface area contributed by atoms with Crippen molar-refractivity contribution in [2.45, 2.75) is 11.2 Å². The number of aromatic hydroxyl groups is 2. The van der Waals surface area contributed by atoms with E-state index in [2.05, 4.69) is 0 Å². The molecule has 11 heteroatoms. The van der Waals surface area contributed by atoms with Crippen LogP contribution in [-0.2, 0) is 10.1 Å². The van der Waals surface area contributed by atoms with E-state index in [0.29, 0.717) is 18.2 Å². The lowest BCUT2D eigenvalue weighted by Gasteiger charge is -2.22. The number of phenols is 2. The van der Waals surface area contributed by atoms with Crippen LogP contribution in [0.15, 0.2) is 18.2 Å². The quantitative estimate of drug-likeness (QED) is 0.439. The first kappa shape index (κ1) is 16.2. The minimum Gasteiger partial charge on any atom is -0.508 e. The summed E-state index contributed by atoms with van der Waals surface area (Å²) in [6.07, 6.45) is 0. The van der Waals surface area contributed by atoms with Gasteiger partial charge in [-0.05, 0) is 12.1 Å². The molecule has 112 valence electrons. The lowest BCUT2D eigenvalue weighted by atomic mass is 10.0. The second-order valence-corrected chi connectivity index (χ2v) is 5.10. The van der Waals surface area contributed by atoms with Gasteiger partial charge < -0.3 is 10.2 Å². The summed E-state index contributed by atoms with van der Waals surface area (Å²) in [5.74, 6) is -10.3. The molecule has 0 saturated carbocycles. The molecule has 0 atom stereocenters. The Bertz CT molecular complexity index is 634. The van der Waals surface area contributed by atoms with Crippen molar-refractivity contribution in [3.63, 3.8) is 0 Å². The predicted molar refractivity (Wildman–Crippen MR) is 55.5 cm³/mol. The molecule has 1 aromatic rings. The zero-order chi connectivity index (χ0) is 15.9. The molecule has 0 spiro atoms. The molecule has 1 rings (SSSR count). The Labute approximate surface area is 109 Å². The Kier molecular flexibility index (Phi) is 3.72. The van der Waals surface area contributed by atoms with E-state index in [0.717, 1.165) is 0 Å². The third kappa shape index (κ3) is 2.54. The molecule has 0 heterocycles. The standard InChI is InChI=1S/C9H6F4O6S/c10-8(11,9(12,13)20(17,18)19)7(16)4-1-5(14)3-6(15)2-4/h1-3,14-15H,(H,17,18,19). The molecule has 0 aromatic heterocycles. The van der Waals surface area contributed by atoms with Crippen molar-refractivity contribution in [3.8, 4) is 11.5 Å². The highest BCUT2D eigenvalue weighted by molar-refractivity contribution is 7.87. The minimum atomic E-state index is -6.56. The molecule has 1 aromatic carbocycles. The Morgan fingerprint density at radius 3 is 1.75 bits per heavy atom. The molecule has 0 bridgehead atoms. The van der Waals surface area contributed by atoms with Crippen LogP contribution in [0.5, 0.6) is 11.5 Å². The van der Waals surface area contributed by atoms with Crippen molar-refractivity contribution in [1.29, 1.82) is 0 Å². The predicted octanol–water partition coefficient (Wildman–Crippen LogP) is 1.40. The van der Waals surface area contributed by atoms with Crippen LogP contribution in [0.3, 0.4) is 0 Å². The van der Waals surface area contributed by atoms with E-state index < -0.39 is 44.1 Å². The number of rotatable bonds is 4. The molecule has 0 aliphatic rings. The van der Waals surface area contributed by atoms with Crippen LogP contribution in [0.25, 0.3) is 0 Å². The topological polar surface area (TPSA) is 112 Å². The van der Waals surface area contributed by atoms with Gasteiger partial charge in [0.2, 0.25) is 5.78 Å². The molecular weight excluding hydrogens is 312 g/mol. The molecule has 6 nitrogen and oxygen atoms in total. The molecule has 0 aliphatic heterocycles. The number of halogens is 4. The van der Waals surface area contributed by atoms with Crippen LogP contribution in [-0.4, -0.2) is 40.1 Å². The second-order valence-electron chi connectivity index (χ2n) is 3.63. The Morgan fingerprint density at radius 2 is 1.40 bits per heavy atom. The van der Waals surface area contributed by atoms with Gasteiger partial charge in [0, 0.05) is 11.6 Å². The summed E-state index contributed by atoms with van der Waals surface area (Å²) in [7, 11) is -6.56. The van der Waals surface area contributed by atoms with Gasteiger partial charge in [-0.15, -0.1) is 0 Å². The van der Waals surface area contributed by atoms with E-state index >= 15 is 0 Å². The number of ketones is 1. The van der Waals surface area contributed by atoms with Gasteiger partial charge >= 0.3 is 21.3 Å². The van der Waals surface area contributed by atoms with Crippen molar-refractivity contribution >= 4 is 15.9 Å². The van der Waals surface area contributed by atoms with Crippen LogP contribution in [0.1, 0.15) is 10.4 Å². The molecule has 0 aliphatic carbocycles. The summed E-state index contributed by atoms with van der Waals surface area (Å²) < 4.78 is 80.9. The van der Waals surface area contributed by atoms with Crippen molar-refractivity contribution < 1.29 is 45.5 Å². The summed E-state index contributed by atoms with van der Waals surface area (Å²) in [6.45, 7) is 0. The van der Waals surface area contributed by atoms with Crippen LogP contribution >= 0.6 is 0 Å². The zero-order valence-corrected chi connectivity index (χ0v) is 10.0.